The van der Waals surface area contributed by atoms with Crippen molar-refractivity contribution >= 4 is 39.5 Å². The molecular formula is C24H30ClF2N5O8S. The molecule has 13 nitrogen and oxygen atoms in total. The lowest BCUT2D eigenvalue weighted by Gasteiger charge is -2.27. The Kier molecular flexibility index (Phi) is 11.6. The smallest absolute Gasteiger partial charge is 0.323 e. The third kappa shape index (κ3) is 9.17. The first-order chi connectivity index (χ1) is 19.4. The van der Waals surface area contributed by atoms with Crippen molar-refractivity contribution in [2.45, 2.75) is 17.7 Å². The summed E-state index contributed by atoms with van der Waals surface area (Å²) in [6.07, 6.45) is 3.63. The van der Waals surface area contributed by atoms with Crippen LogP contribution in [0.3, 0.4) is 0 Å². The summed E-state index contributed by atoms with van der Waals surface area (Å²) >= 11 is 5.87. The van der Waals surface area contributed by atoms with Gasteiger partial charge in [-0.3, -0.25) is 25.0 Å². The normalized spacial score (nSPS) is 16.0. The zero-order valence-electron chi connectivity index (χ0n) is 22.1. The van der Waals surface area contributed by atoms with Crippen LogP contribution in [0.4, 0.5) is 13.6 Å². The van der Waals surface area contributed by atoms with E-state index >= 15 is 0 Å². The van der Waals surface area contributed by atoms with E-state index in [-0.39, 0.29) is 25.3 Å². The van der Waals surface area contributed by atoms with Gasteiger partial charge < -0.3 is 14.4 Å². The number of likely N-dealkylation sites (N-methyl/N-ethyl adjacent to an activating group) is 1. The van der Waals surface area contributed by atoms with Gasteiger partial charge in [0.25, 0.3) is 5.91 Å². The number of rotatable bonds is 11. The van der Waals surface area contributed by atoms with Gasteiger partial charge in [-0.05, 0) is 30.7 Å². The number of halogens is 3. The fourth-order valence-corrected chi connectivity index (χ4v) is 5.37. The highest BCUT2D eigenvalue weighted by atomic mass is 35.5. The van der Waals surface area contributed by atoms with E-state index in [2.05, 4.69) is 5.32 Å². The molecule has 2 aliphatic rings. The van der Waals surface area contributed by atoms with Crippen molar-refractivity contribution in [1.82, 2.24) is 24.9 Å². The maximum atomic E-state index is 14.8. The largest absolute Gasteiger partial charge is 0.456 e. The molecule has 3 N–H and O–H groups in total. The summed E-state index contributed by atoms with van der Waals surface area (Å²) in [5.74, 6) is -4.95. The van der Waals surface area contributed by atoms with Crippen LogP contribution < -0.4 is 15.5 Å². The molecule has 0 saturated carbocycles. The number of amides is 4. The SMILES string of the molecule is CN(CCN(CC(=O)NO)S(=O)(=O)c1cc(F)c(OC2=CC=C(Cl)CC2)c(F)c1)C(=O)NC(=O)CN1CCOCC1. The Morgan fingerprint density at radius 3 is 2.34 bits per heavy atom. The summed E-state index contributed by atoms with van der Waals surface area (Å²) in [6, 6.07) is 0.230. The van der Waals surface area contributed by atoms with Gasteiger partial charge in [-0.2, -0.15) is 4.31 Å². The first-order valence-corrected chi connectivity index (χ1v) is 14.2. The Bertz CT molecular complexity index is 1300. The molecule has 1 aromatic rings. The lowest BCUT2D eigenvalue weighted by Crippen LogP contribution is -2.49. The number of ether oxygens (including phenoxy) is 2. The molecule has 0 radical (unpaired) electrons. The van der Waals surface area contributed by atoms with E-state index in [0.717, 1.165) is 4.90 Å². The molecule has 1 aliphatic heterocycles. The molecule has 1 aromatic carbocycles. The molecule has 1 fully saturated rings. The van der Waals surface area contributed by atoms with Crippen molar-refractivity contribution in [2.24, 2.45) is 0 Å². The van der Waals surface area contributed by atoms with E-state index in [9.17, 15) is 31.6 Å². The molecular weight excluding hydrogens is 592 g/mol. The van der Waals surface area contributed by atoms with Crippen LogP contribution >= 0.6 is 11.6 Å². The Hall–Kier alpha value is -3.15. The second-order valence-corrected chi connectivity index (χ2v) is 11.5. The van der Waals surface area contributed by atoms with Crippen LogP contribution in [-0.4, -0.2) is 105 Å². The second kappa shape index (κ2) is 14.7. The number of sulfonamides is 1. The molecule has 41 heavy (non-hydrogen) atoms. The minimum absolute atomic E-state index is 0.0430. The molecule has 1 saturated heterocycles. The molecule has 1 heterocycles. The van der Waals surface area contributed by atoms with E-state index in [1.54, 1.807) is 4.90 Å². The summed E-state index contributed by atoms with van der Waals surface area (Å²) < 4.78 is 67.2. The maximum Gasteiger partial charge on any atom is 0.323 e. The monoisotopic (exact) mass is 621 g/mol. The summed E-state index contributed by atoms with van der Waals surface area (Å²) in [4.78, 5) is 38.4. The van der Waals surface area contributed by atoms with Crippen molar-refractivity contribution in [3.63, 3.8) is 0 Å². The van der Waals surface area contributed by atoms with E-state index in [4.69, 9.17) is 26.3 Å². The number of hydroxylamine groups is 1. The van der Waals surface area contributed by atoms with Crippen LogP contribution in [0.25, 0.3) is 0 Å². The highest BCUT2D eigenvalue weighted by Gasteiger charge is 2.30. The zero-order chi connectivity index (χ0) is 30.2. The van der Waals surface area contributed by atoms with Crippen molar-refractivity contribution in [3.8, 4) is 5.75 Å². The van der Waals surface area contributed by atoms with Gasteiger partial charge in [-0.15, -0.1) is 0 Å². The molecule has 226 valence electrons. The standard InChI is InChI=1S/C24H30ClF2N5O8S/c1-30(24(35)28-21(33)14-31-8-10-39-11-9-31)6-7-32(15-22(34)29-36)41(37,38)18-12-19(26)23(20(27)13-18)40-17-4-2-16(25)3-5-17/h2,4,12-13,36H,3,5-11,14-15H2,1H3,(H,29,34)(H,28,33,35). The number of carbonyl (C=O) groups is 3. The number of allylic oxidation sites excluding steroid dienone is 4. The van der Waals surface area contributed by atoms with Crippen LogP contribution in [0.1, 0.15) is 12.8 Å². The van der Waals surface area contributed by atoms with Crippen LogP contribution in [0, 0.1) is 11.6 Å². The highest BCUT2D eigenvalue weighted by Crippen LogP contribution is 2.31. The predicted octanol–water partition coefficient (Wildman–Crippen LogP) is 1.14. The third-order valence-electron chi connectivity index (χ3n) is 6.10. The van der Waals surface area contributed by atoms with E-state index in [1.807, 2.05) is 0 Å². The summed E-state index contributed by atoms with van der Waals surface area (Å²) in [5.41, 5.74) is 1.29. The van der Waals surface area contributed by atoms with E-state index in [1.165, 1.54) is 24.7 Å². The van der Waals surface area contributed by atoms with Gasteiger partial charge in [0.1, 0.15) is 5.76 Å². The number of imide groups is 1. The quantitative estimate of drug-likeness (QED) is 0.243. The molecule has 17 heteroatoms. The molecule has 0 atom stereocenters. The fourth-order valence-electron chi connectivity index (χ4n) is 3.80. The minimum Gasteiger partial charge on any atom is -0.456 e. The molecule has 0 spiro atoms. The van der Waals surface area contributed by atoms with Gasteiger partial charge in [-0.1, -0.05) is 11.6 Å². The van der Waals surface area contributed by atoms with Crippen molar-refractivity contribution in [3.05, 3.63) is 46.7 Å². The number of hydrogen-bond donors (Lipinski definition) is 3. The third-order valence-corrected chi connectivity index (χ3v) is 8.23. The van der Waals surface area contributed by atoms with Gasteiger partial charge in [0.05, 0.1) is 31.2 Å². The lowest BCUT2D eigenvalue weighted by molar-refractivity contribution is -0.129. The van der Waals surface area contributed by atoms with Crippen LogP contribution in [0.2, 0.25) is 0 Å². The Balaban J connectivity index is 1.70. The Morgan fingerprint density at radius 2 is 1.76 bits per heavy atom. The summed E-state index contributed by atoms with van der Waals surface area (Å²) in [5, 5.41) is 11.6. The van der Waals surface area contributed by atoms with Gasteiger partial charge in [-0.25, -0.2) is 27.5 Å². The lowest BCUT2D eigenvalue weighted by atomic mass is 10.1. The van der Waals surface area contributed by atoms with Crippen molar-refractivity contribution < 1.29 is 46.3 Å². The van der Waals surface area contributed by atoms with Crippen LogP contribution in [0.5, 0.6) is 5.75 Å². The van der Waals surface area contributed by atoms with Gasteiger partial charge in [0.15, 0.2) is 17.4 Å². The summed E-state index contributed by atoms with van der Waals surface area (Å²) in [7, 11) is -3.45. The first-order valence-electron chi connectivity index (χ1n) is 12.4. The first kappa shape index (κ1) is 32.4. The topological polar surface area (TPSA) is 158 Å². The number of hydrogen-bond acceptors (Lipinski definition) is 9. The molecule has 4 amide bonds. The Morgan fingerprint density at radius 1 is 1.10 bits per heavy atom. The zero-order valence-corrected chi connectivity index (χ0v) is 23.6. The number of urea groups is 1. The van der Waals surface area contributed by atoms with E-state index in [0.29, 0.717) is 54.2 Å². The average Bonchev–Trinajstić information content (AvgIpc) is 2.93. The molecule has 0 unspecified atom stereocenters. The number of morpholine rings is 1. The number of carbonyl (C=O) groups excluding carboxylic acids is 3. The fraction of sp³-hybridized carbons (Fsp3) is 0.458. The molecule has 1 aliphatic carbocycles. The second-order valence-electron chi connectivity index (χ2n) is 9.10. The van der Waals surface area contributed by atoms with Crippen molar-refractivity contribution in [1.29, 1.82) is 0 Å². The van der Waals surface area contributed by atoms with Gasteiger partial charge >= 0.3 is 6.03 Å². The van der Waals surface area contributed by atoms with Crippen LogP contribution in [-0.2, 0) is 24.3 Å². The minimum atomic E-state index is -4.73. The number of benzene rings is 1. The Labute approximate surface area is 240 Å². The average molecular weight is 622 g/mol. The number of nitrogens with one attached hydrogen (secondary N) is 2. The predicted molar refractivity (Wildman–Crippen MR) is 140 cm³/mol. The highest BCUT2D eigenvalue weighted by molar-refractivity contribution is 7.89. The molecule has 0 bridgehead atoms. The number of nitrogens with zero attached hydrogens (tertiary/aromatic N) is 3. The van der Waals surface area contributed by atoms with E-state index < -0.39 is 63.2 Å². The van der Waals surface area contributed by atoms with Crippen LogP contribution in [0.15, 0.2) is 40.0 Å². The maximum absolute atomic E-state index is 14.8. The van der Waals surface area contributed by atoms with Gasteiger partial charge in [0.2, 0.25) is 15.9 Å². The summed E-state index contributed by atoms with van der Waals surface area (Å²) in [6.45, 7) is 0.127. The molecule has 3 rings (SSSR count). The van der Waals surface area contributed by atoms with Gasteiger partial charge in [0, 0.05) is 44.7 Å². The van der Waals surface area contributed by atoms with Crippen molar-refractivity contribution in [2.75, 3.05) is 59.5 Å². The molecule has 0 aromatic heterocycles.